The fraction of sp³-hybridized carbons (Fsp3) is 0.412. The van der Waals surface area contributed by atoms with Crippen LogP contribution in [-0.2, 0) is 11.2 Å². The predicted molar refractivity (Wildman–Crippen MR) is 88.4 cm³/mol. The van der Waals surface area contributed by atoms with E-state index in [-0.39, 0.29) is 10.7 Å². The number of thioether (sulfide) groups is 1. The summed E-state index contributed by atoms with van der Waals surface area (Å²) in [5.74, 6) is 0.819. The summed E-state index contributed by atoms with van der Waals surface area (Å²) in [6.07, 6.45) is 0.330. The number of amides is 1. The molecule has 4 nitrogen and oxygen atoms in total. The van der Waals surface area contributed by atoms with E-state index in [9.17, 15) is 4.79 Å². The average Bonchev–Trinajstić information content (AvgIpc) is 2.77. The summed E-state index contributed by atoms with van der Waals surface area (Å²) in [5.41, 5.74) is 2.70. The fourth-order valence-corrected chi connectivity index (χ4v) is 4.00. The largest absolute Gasteiger partial charge is 0.361 e. The maximum Gasteiger partial charge on any atom is 0.231 e. The highest BCUT2D eigenvalue weighted by molar-refractivity contribution is 8.00. The highest BCUT2D eigenvalue weighted by atomic mass is 32.2. The first-order valence-electron chi connectivity index (χ1n) is 7.37. The predicted octanol–water partition coefficient (Wildman–Crippen LogP) is 3.75. The van der Waals surface area contributed by atoms with Crippen LogP contribution >= 0.6 is 11.8 Å². The van der Waals surface area contributed by atoms with Crippen LogP contribution in [0.1, 0.15) is 30.9 Å². The molecule has 0 N–H and O–H groups in total. The molecule has 3 rings (SSSR count). The second kappa shape index (κ2) is 5.47. The van der Waals surface area contributed by atoms with Crippen molar-refractivity contribution in [1.29, 1.82) is 0 Å². The molecule has 0 spiro atoms. The molecule has 1 aromatic carbocycles. The van der Waals surface area contributed by atoms with Crippen molar-refractivity contribution in [3.63, 3.8) is 0 Å². The lowest BCUT2D eigenvalue weighted by molar-refractivity contribution is -0.118. The van der Waals surface area contributed by atoms with E-state index in [1.54, 1.807) is 0 Å². The van der Waals surface area contributed by atoms with Crippen molar-refractivity contribution in [2.45, 2.75) is 43.8 Å². The second-order valence-electron chi connectivity index (χ2n) is 6.29. The molecule has 1 aliphatic heterocycles. The van der Waals surface area contributed by atoms with Gasteiger partial charge in [0, 0.05) is 21.8 Å². The lowest BCUT2D eigenvalue weighted by Gasteiger charge is -2.38. The smallest absolute Gasteiger partial charge is 0.231 e. The van der Waals surface area contributed by atoms with Gasteiger partial charge in [-0.2, -0.15) is 0 Å². The van der Waals surface area contributed by atoms with Crippen molar-refractivity contribution in [2.24, 2.45) is 0 Å². The number of aryl methyl sites for hydroxylation is 2. The van der Waals surface area contributed by atoms with Gasteiger partial charge in [0.25, 0.3) is 0 Å². The van der Waals surface area contributed by atoms with E-state index in [1.165, 1.54) is 0 Å². The van der Waals surface area contributed by atoms with Crippen LogP contribution in [0.25, 0.3) is 0 Å². The van der Waals surface area contributed by atoms with E-state index >= 15 is 0 Å². The molecule has 22 heavy (non-hydrogen) atoms. The molecule has 0 aliphatic carbocycles. The lowest BCUT2D eigenvalue weighted by Crippen LogP contribution is -2.44. The number of hydrogen-bond donors (Lipinski definition) is 0. The number of anilines is 1. The van der Waals surface area contributed by atoms with Gasteiger partial charge >= 0.3 is 0 Å². The molecule has 0 atom stereocenters. The maximum absolute atomic E-state index is 12.9. The Morgan fingerprint density at radius 1 is 1.36 bits per heavy atom. The van der Waals surface area contributed by atoms with E-state index in [1.807, 2.05) is 48.7 Å². The van der Waals surface area contributed by atoms with Gasteiger partial charge in [0.2, 0.25) is 5.91 Å². The number of para-hydroxylation sites is 1. The molecule has 0 bridgehead atoms. The van der Waals surface area contributed by atoms with Gasteiger partial charge in [-0.15, -0.1) is 11.8 Å². The van der Waals surface area contributed by atoms with E-state index in [4.69, 9.17) is 4.52 Å². The number of hydrogen-bond acceptors (Lipinski definition) is 4. The topological polar surface area (TPSA) is 46.3 Å². The Balaban J connectivity index is 1.92. The van der Waals surface area contributed by atoms with Crippen LogP contribution < -0.4 is 4.90 Å². The molecule has 1 aliphatic rings. The average molecular weight is 316 g/mol. The number of rotatable bonds is 2. The summed E-state index contributed by atoms with van der Waals surface area (Å²) in [6.45, 7) is 8.78. The van der Waals surface area contributed by atoms with Gasteiger partial charge in [-0.05, 0) is 39.8 Å². The van der Waals surface area contributed by atoms with Crippen molar-refractivity contribution < 1.29 is 9.32 Å². The zero-order valence-electron chi connectivity index (χ0n) is 13.3. The Morgan fingerprint density at radius 3 is 2.77 bits per heavy atom. The van der Waals surface area contributed by atoms with Gasteiger partial charge in [-0.1, -0.05) is 17.3 Å². The second-order valence-corrected chi connectivity index (χ2v) is 8.04. The van der Waals surface area contributed by atoms with Gasteiger partial charge in [0.15, 0.2) is 0 Å². The number of aromatic nitrogens is 1. The first-order valence-corrected chi connectivity index (χ1v) is 8.19. The van der Waals surface area contributed by atoms with Gasteiger partial charge in [0.1, 0.15) is 5.76 Å². The highest BCUT2D eigenvalue weighted by Gasteiger charge is 2.34. The molecular formula is C17H20N2O2S. The van der Waals surface area contributed by atoms with Gasteiger partial charge in [-0.3, -0.25) is 4.79 Å². The van der Waals surface area contributed by atoms with E-state index in [0.29, 0.717) is 13.0 Å². The van der Waals surface area contributed by atoms with Crippen LogP contribution in [0.2, 0.25) is 0 Å². The minimum Gasteiger partial charge on any atom is -0.361 e. The van der Waals surface area contributed by atoms with Crippen molar-refractivity contribution >= 4 is 23.4 Å². The van der Waals surface area contributed by atoms with Crippen molar-refractivity contribution in [2.75, 3.05) is 11.4 Å². The van der Waals surface area contributed by atoms with Crippen molar-refractivity contribution in [1.82, 2.24) is 5.16 Å². The zero-order valence-corrected chi connectivity index (χ0v) is 14.2. The van der Waals surface area contributed by atoms with Crippen LogP contribution in [0.3, 0.4) is 0 Å². The molecule has 0 saturated carbocycles. The lowest BCUT2D eigenvalue weighted by atomic mass is 10.1. The summed E-state index contributed by atoms with van der Waals surface area (Å²) >= 11 is 1.82. The minimum absolute atomic E-state index is 0.00273. The Kier molecular flexibility index (Phi) is 3.77. The zero-order chi connectivity index (χ0) is 15.9. The third-order valence-electron chi connectivity index (χ3n) is 3.89. The molecular weight excluding hydrogens is 296 g/mol. The molecule has 1 amide bonds. The third-order valence-corrected chi connectivity index (χ3v) is 5.14. The normalized spacial score (nSPS) is 16.5. The van der Waals surface area contributed by atoms with E-state index in [0.717, 1.165) is 27.6 Å². The Bertz CT molecular complexity index is 702. The van der Waals surface area contributed by atoms with E-state index < -0.39 is 0 Å². The van der Waals surface area contributed by atoms with Crippen LogP contribution in [0, 0.1) is 13.8 Å². The maximum atomic E-state index is 12.9. The summed E-state index contributed by atoms with van der Waals surface area (Å²) < 4.78 is 5.17. The number of fused-ring (bicyclic) bond motifs is 1. The van der Waals surface area contributed by atoms with Crippen molar-refractivity contribution in [3.05, 3.63) is 41.3 Å². The number of nitrogens with zero attached hydrogens (tertiary/aromatic N) is 2. The SMILES string of the molecule is Cc1noc(C)c1CC(=O)N1CC(C)(C)Sc2ccccc21. The quantitative estimate of drug-likeness (QED) is 0.846. The molecule has 2 aromatic rings. The first kappa shape index (κ1) is 15.2. The molecule has 5 heteroatoms. The first-order chi connectivity index (χ1) is 10.4. The number of carbonyl (C=O) groups is 1. The fourth-order valence-electron chi connectivity index (χ4n) is 2.79. The Morgan fingerprint density at radius 2 is 2.09 bits per heavy atom. The molecule has 1 aromatic heterocycles. The van der Waals surface area contributed by atoms with Crippen LogP contribution in [-0.4, -0.2) is 22.4 Å². The molecule has 0 fully saturated rings. The Labute approximate surface area is 134 Å². The summed E-state index contributed by atoms with van der Waals surface area (Å²) in [4.78, 5) is 15.9. The molecule has 2 heterocycles. The minimum atomic E-state index is 0.00273. The van der Waals surface area contributed by atoms with Crippen LogP contribution in [0.15, 0.2) is 33.7 Å². The standard InChI is InChI=1S/C17H20N2O2S/c1-11-13(12(2)21-18-11)9-16(20)19-10-17(3,4)22-15-8-6-5-7-14(15)19/h5-8H,9-10H2,1-4H3. The number of carbonyl (C=O) groups excluding carboxylic acids is 1. The number of benzene rings is 1. The van der Waals surface area contributed by atoms with Gasteiger partial charge in [0.05, 0.1) is 17.8 Å². The Hall–Kier alpha value is -1.75. The molecule has 0 saturated heterocycles. The summed E-state index contributed by atoms with van der Waals surface area (Å²) in [6, 6.07) is 8.10. The highest BCUT2D eigenvalue weighted by Crippen LogP contribution is 2.44. The summed E-state index contributed by atoms with van der Waals surface area (Å²) in [5, 5.41) is 3.94. The third kappa shape index (κ3) is 2.77. The van der Waals surface area contributed by atoms with Gasteiger partial charge < -0.3 is 9.42 Å². The molecule has 0 radical (unpaired) electrons. The van der Waals surface area contributed by atoms with Crippen molar-refractivity contribution in [3.8, 4) is 0 Å². The van der Waals surface area contributed by atoms with E-state index in [2.05, 4.69) is 25.1 Å². The summed E-state index contributed by atoms with van der Waals surface area (Å²) in [7, 11) is 0. The monoisotopic (exact) mass is 316 g/mol. The molecule has 116 valence electrons. The van der Waals surface area contributed by atoms with Crippen LogP contribution in [0.5, 0.6) is 0 Å². The van der Waals surface area contributed by atoms with Crippen LogP contribution in [0.4, 0.5) is 5.69 Å². The molecule has 0 unspecified atom stereocenters. The van der Waals surface area contributed by atoms with Gasteiger partial charge in [-0.25, -0.2) is 0 Å².